The minimum atomic E-state index is -0.378. The molecule has 0 radical (unpaired) electrons. The molecule has 7 heteroatoms. The summed E-state index contributed by atoms with van der Waals surface area (Å²) < 4.78 is 18.7. The van der Waals surface area contributed by atoms with Gasteiger partial charge in [0.05, 0.1) is 17.6 Å². The summed E-state index contributed by atoms with van der Waals surface area (Å²) in [6.45, 7) is 0.597. The van der Waals surface area contributed by atoms with E-state index in [1.807, 2.05) is 0 Å². The number of nitrogens with zero attached hydrogens (tertiary/aromatic N) is 2. The van der Waals surface area contributed by atoms with Gasteiger partial charge in [0.25, 0.3) is 0 Å². The van der Waals surface area contributed by atoms with E-state index in [2.05, 4.69) is 21.0 Å². The molecule has 1 aromatic heterocycles. The maximum atomic E-state index is 13.6. The molecule has 0 amide bonds. The van der Waals surface area contributed by atoms with E-state index in [-0.39, 0.29) is 23.7 Å². The Bertz CT molecular complexity index is 558. The highest BCUT2D eigenvalue weighted by Gasteiger charge is 2.30. The SMILES string of the molecule is NC1NNCC1c1nc(-c2ccccc2F)no1. The molecule has 4 N–H and O–H groups in total. The first-order valence-corrected chi connectivity index (χ1v) is 5.58. The van der Waals surface area contributed by atoms with E-state index in [1.54, 1.807) is 18.2 Å². The number of halogens is 1. The molecule has 2 unspecified atom stereocenters. The van der Waals surface area contributed by atoms with E-state index >= 15 is 0 Å². The van der Waals surface area contributed by atoms with Crippen LogP contribution in [0.3, 0.4) is 0 Å². The fourth-order valence-electron chi connectivity index (χ4n) is 1.89. The molecular weight excluding hydrogens is 237 g/mol. The fraction of sp³-hybridized carbons (Fsp3) is 0.273. The number of nitrogens with one attached hydrogen (secondary N) is 2. The molecule has 3 rings (SSSR count). The molecule has 0 bridgehead atoms. The second-order valence-corrected chi connectivity index (χ2v) is 4.09. The third-order valence-electron chi connectivity index (χ3n) is 2.90. The Morgan fingerprint density at radius 1 is 1.39 bits per heavy atom. The van der Waals surface area contributed by atoms with Crippen LogP contribution in [0.1, 0.15) is 11.8 Å². The van der Waals surface area contributed by atoms with Crippen molar-refractivity contribution < 1.29 is 8.91 Å². The Balaban J connectivity index is 1.92. The van der Waals surface area contributed by atoms with Gasteiger partial charge in [-0.15, -0.1) is 0 Å². The van der Waals surface area contributed by atoms with E-state index in [1.165, 1.54) is 6.07 Å². The van der Waals surface area contributed by atoms with Crippen LogP contribution in [0.4, 0.5) is 4.39 Å². The summed E-state index contributed by atoms with van der Waals surface area (Å²) in [5, 5.41) is 3.79. The predicted octanol–water partition coefficient (Wildman–Crippen LogP) is 0.352. The third kappa shape index (κ3) is 1.88. The molecule has 1 aromatic carbocycles. The molecule has 2 atom stereocenters. The van der Waals surface area contributed by atoms with Crippen LogP contribution in [0, 0.1) is 5.82 Å². The largest absolute Gasteiger partial charge is 0.339 e. The van der Waals surface area contributed by atoms with Gasteiger partial charge in [0.1, 0.15) is 5.82 Å². The summed E-state index contributed by atoms with van der Waals surface area (Å²) in [5.41, 5.74) is 11.9. The lowest BCUT2D eigenvalue weighted by Crippen LogP contribution is -2.38. The molecule has 0 aliphatic carbocycles. The minimum Gasteiger partial charge on any atom is -0.339 e. The highest BCUT2D eigenvalue weighted by atomic mass is 19.1. The number of aromatic nitrogens is 2. The van der Waals surface area contributed by atoms with Crippen molar-refractivity contribution in [3.63, 3.8) is 0 Å². The van der Waals surface area contributed by atoms with Gasteiger partial charge in [-0.05, 0) is 12.1 Å². The van der Waals surface area contributed by atoms with Crippen molar-refractivity contribution in [3.8, 4) is 11.4 Å². The Morgan fingerprint density at radius 3 is 2.94 bits per heavy atom. The molecule has 1 saturated heterocycles. The average Bonchev–Trinajstić information content (AvgIpc) is 2.98. The summed E-state index contributed by atoms with van der Waals surface area (Å²) in [6, 6.07) is 6.30. The summed E-state index contributed by atoms with van der Waals surface area (Å²) in [7, 11) is 0. The van der Waals surface area contributed by atoms with Gasteiger partial charge in [-0.3, -0.25) is 5.43 Å². The maximum Gasteiger partial charge on any atom is 0.234 e. The number of benzene rings is 1. The summed E-state index contributed by atoms with van der Waals surface area (Å²) in [6.07, 6.45) is -0.293. The Kier molecular flexibility index (Phi) is 2.78. The lowest BCUT2D eigenvalue weighted by atomic mass is 10.1. The first-order chi connectivity index (χ1) is 8.75. The van der Waals surface area contributed by atoms with Crippen molar-refractivity contribution in [2.45, 2.75) is 12.1 Å². The van der Waals surface area contributed by atoms with Gasteiger partial charge < -0.3 is 10.3 Å². The second kappa shape index (κ2) is 4.45. The van der Waals surface area contributed by atoms with Gasteiger partial charge in [0, 0.05) is 6.54 Å². The molecule has 1 fully saturated rings. The number of hydrogen-bond donors (Lipinski definition) is 3. The predicted molar refractivity (Wildman–Crippen MR) is 61.5 cm³/mol. The van der Waals surface area contributed by atoms with E-state index in [4.69, 9.17) is 10.3 Å². The highest BCUT2D eigenvalue weighted by molar-refractivity contribution is 5.54. The van der Waals surface area contributed by atoms with E-state index in [0.29, 0.717) is 18.0 Å². The Morgan fingerprint density at radius 2 is 2.22 bits per heavy atom. The van der Waals surface area contributed by atoms with Crippen LogP contribution in [0.2, 0.25) is 0 Å². The highest BCUT2D eigenvalue weighted by Crippen LogP contribution is 2.23. The maximum absolute atomic E-state index is 13.6. The smallest absolute Gasteiger partial charge is 0.234 e. The van der Waals surface area contributed by atoms with Crippen molar-refractivity contribution in [3.05, 3.63) is 36.0 Å². The molecule has 1 aliphatic heterocycles. The molecule has 18 heavy (non-hydrogen) atoms. The molecule has 94 valence electrons. The lowest BCUT2D eigenvalue weighted by molar-refractivity contribution is 0.347. The minimum absolute atomic E-state index is 0.113. The Hall–Kier alpha value is -1.83. The number of hydrogen-bond acceptors (Lipinski definition) is 6. The zero-order valence-corrected chi connectivity index (χ0v) is 9.43. The normalized spacial score (nSPS) is 23.4. The third-order valence-corrected chi connectivity index (χ3v) is 2.90. The topological polar surface area (TPSA) is 89.0 Å². The number of hydrazine groups is 1. The summed E-state index contributed by atoms with van der Waals surface area (Å²) in [5.74, 6) is 0.148. The van der Waals surface area contributed by atoms with Crippen molar-refractivity contribution in [1.29, 1.82) is 0 Å². The molecule has 2 aromatic rings. The van der Waals surface area contributed by atoms with Crippen molar-refractivity contribution in [2.75, 3.05) is 6.54 Å². The van der Waals surface area contributed by atoms with E-state index in [9.17, 15) is 4.39 Å². The van der Waals surface area contributed by atoms with Crippen molar-refractivity contribution >= 4 is 0 Å². The van der Waals surface area contributed by atoms with Crippen LogP contribution >= 0.6 is 0 Å². The van der Waals surface area contributed by atoms with Crippen LogP contribution in [0.25, 0.3) is 11.4 Å². The molecule has 0 saturated carbocycles. The van der Waals surface area contributed by atoms with Crippen LogP contribution < -0.4 is 16.6 Å². The second-order valence-electron chi connectivity index (χ2n) is 4.09. The van der Waals surface area contributed by atoms with Gasteiger partial charge >= 0.3 is 0 Å². The van der Waals surface area contributed by atoms with Gasteiger partial charge in [0.15, 0.2) is 0 Å². The average molecular weight is 249 g/mol. The van der Waals surface area contributed by atoms with Gasteiger partial charge in [-0.1, -0.05) is 17.3 Å². The lowest BCUT2D eigenvalue weighted by Gasteiger charge is -2.07. The fourth-order valence-corrected chi connectivity index (χ4v) is 1.89. The standard InChI is InChI=1S/C11H12FN5O/c12-8-4-2-1-3-6(8)10-15-11(18-17-10)7-5-14-16-9(7)13/h1-4,7,9,14,16H,5,13H2. The van der Waals surface area contributed by atoms with Crippen LogP contribution in [-0.4, -0.2) is 22.9 Å². The van der Waals surface area contributed by atoms with Gasteiger partial charge in [-0.2, -0.15) is 4.98 Å². The van der Waals surface area contributed by atoms with Gasteiger partial charge in [0.2, 0.25) is 11.7 Å². The van der Waals surface area contributed by atoms with Crippen LogP contribution in [-0.2, 0) is 0 Å². The molecular formula is C11H12FN5O. The zero-order chi connectivity index (χ0) is 12.5. The molecule has 1 aliphatic rings. The molecule has 6 nitrogen and oxygen atoms in total. The quantitative estimate of drug-likeness (QED) is 0.711. The van der Waals surface area contributed by atoms with Crippen LogP contribution in [0.5, 0.6) is 0 Å². The molecule has 2 heterocycles. The first kappa shape index (κ1) is 11.3. The van der Waals surface area contributed by atoms with Crippen molar-refractivity contribution in [1.82, 2.24) is 21.0 Å². The van der Waals surface area contributed by atoms with E-state index < -0.39 is 0 Å². The Labute approximate surface area is 102 Å². The summed E-state index contributed by atoms with van der Waals surface area (Å²) in [4.78, 5) is 4.20. The first-order valence-electron chi connectivity index (χ1n) is 5.58. The zero-order valence-electron chi connectivity index (χ0n) is 9.43. The van der Waals surface area contributed by atoms with Gasteiger partial charge in [-0.25, -0.2) is 9.82 Å². The van der Waals surface area contributed by atoms with Crippen molar-refractivity contribution in [2.24, 2.45) is 5.73 Å². The number of nitrogens with two attached hydrogens (primary N) is 1. The van der Waals surface area contributed by atoms with Crippen LogP contribution in [0.15, 0.2) is 28.8 Å². The number of rotatable bonds is 2. The van der Waals surface area contributed by atoms with E-state index in [0.717, 1.165) is 0 Å². The summed E-state index contributed by atoms with van der Waals surface area (Å²) >= 11 is 0. The molecule has 0 spiro atoms. The monoisotopic (exact) mass is 249 g/mol.